The van der Waals surface area contributed by atoms with Crippen LogP contribution in [-0.4, -0.2) is 43.5 Å². The second-order valence-corrected chi connectivity index (χ2v) is 2.59. The fourth-order valence-corrected chi connectivity index (χ4v) is 0.986. The summed E-state index contributed by atoms with van der Waals surface area (Å²) in [5.74, 6) is 0. The number of aliphatic hydroxyl groups is 1. The first kappa shape index (κ1) is 6.84. The Kier molecular flexibility index (Phi) is 1.64. The van der Waals surface area contributed by atoms with E-state index < -0.39 is 5.50 Å². The van der Waals surface area contributed by atoms with Crippen molar-refractivity contribution in [3.05, 3.63) is 12.2 Å². The highest BCUT2D eigenvalue weighted by Crippen LogP contribution is 2.07. The van der Waals surface area contributed by atoms with Crippen molar-refractivity contribution in [1.29, 1.82) is 0 Å². The smallest absolute Gasteiger partial charge is 0.120 e. The van der Waals surface area contributed by atoms with E-state index in [1.807, 2.05) is 18.0 Å². The maximum absolute atomic E-state index is 9.19. The molecular weight excluding hydrogens is 113 g/mol. The van der Waals surface area contributed by atoms with Crippen molar-refractivity contribution in [1.82, 2.24) is 4.90 Å². The second-order valence-electron chi connectivity index (χ2n) is 2.59. The molecule has 1 unspecified atom stereocenters. The summed E-state index contributed by atoms with van der Waals surface area (Å²) >= 11 is 0. The highest BCUT2D eigenvalue weighted by atomic mass is 16.3. The van der Waals surface area contributed by atoms with Gasteiger partial charge in [0.15, 0.2) is 0 Å². The van der Waals surface area contributed by atoms with E-state index >= 15 is 0 Å². The van der Waals surface area contributed by atoms with Crippen LogP contribution in [0.15, 0.2) is 12.2 Å². The van der Waals surface area contributed by atoms with Crippen molar-refractivity contribution in [2.75, 3.05) is 20.1 Å². The van der Waals surface area contributed by atoms with Crippen molar-refractivity contribution in [3.8, 4) is 0 Å². The van der Waals surface area contributed by atoms with Gasteiger partial charge >= 0.3 is 0 Å². The Bertz CT molecular complexity index is 133. The average molecular weight is 123 g/mol. The van der Waals surface area contributed by atoms with Gasteiger partial charge < -0.3 is 10.0 Å². The molecule has 0 saturated carbocycles. The quantitative estimate of drug-likeness (QED) is 0.341. The average Bonchev–Trinajstić information content (AvgIpc) is 1.60. The molecule has 0 spiro atoms. The molecule has 1 atom stereocenters. The first-order chi connectivity index (χ1) is 4.10. The molecule has 0 bridgehead atoms. The molecule has 0 aromatic carbocycles. The van der Waals surface area contributed by atoms with E-state index in [0.29, 0.717) is 6.54 Å². The van der Waals surface area contributed by atoms with Crippen LogP contribution in [0.4, 0.5) is 0 Å². The highest BCUT2D eigenvalue weighted by molar-refractivity contribution is 6.16. The summed E-state index contributed by atoms with van der Waals surface area (Å²) in [7, 11) is 7.31. The van der Waals surface area contributed by atoms with Gasteiger partial charge in [-0.25, -0.2) is 0 Å². The molecule has 1 aliphatic rings. The van der Waals surface area contributed by atoms with E-state index in [-0.39, 0.29) is 0 Å². The van der Waals surface area contributed by atoms with E-state index in [9.17, 15) is 5.11 Å². The molecule has 3 heteroatoms. The SMILES string of the molecule is [B]C1(O)C=CCN(C)C1. The summed E-state index contributed by atoms with van der Waals surface area (Å²) in [5.41, 5.74) is -1.10. The van der Waals surface area contributed by atoms with Gasteiger partial charge in [-0.05, 0) is 7.05 Å². The van der Waals surface area contributed by atoms with Gasteiger partial charge in [-0.3, -0.25) is 0 Å². The van der Waals surface area contributed by atoms with Crippen LogP contribution >= 0.6 is 0 Å². The number of hydrogen-bond donors (Lipinski definition) is 1. The topological polar surface area (TPSA) is 23.5 Å². The van der Waals surface area contributed by atoms with E-state index in [1.54, 1.807) is 6.08 Å². The zero-order chi connectivity index (χ0) is 6.91. The van der Waals surface area contributed by atoms with Gasteiger partial charge in [-0.1, -0.05) is 12.2 Å². The van der Waals surface area contributed by atoms with Crippen molar-refractivity contribution >= 4 is 7.85 Å². The molecule has 0 aromatic rings. The van der Waals surface area contributed by atoms with Crippen LogP contribution in [-0.2, 0) is 0 Å². The van der Waals surface area contributed by atoms with Crippen LogP contribution in [0.3, 0.4) is 0 Å². The molecule has 1 heterocycles. The number of nitrogens with zero attached hydrogens (tertiary/aromatic N) is 1. The minimum atomic E-state index is -1.10. The monoisotopic (exact) mass is 123 g/mol. The Labute approximate surface area is 56.6 Å². The van der Waals surface area contributed by atoms with Crippen molar-refractivity contribution in [3.63, 3.8) is 0 Å². The van der Waals surface area contributed by atoms with Gasteiger partial charge in [-0.15, -0.1) is 0 Å². The second kappa shape index (κ2) is 2.16. The largest absolute Gasteiger partial charge is 0.395 e. The lowest BCUT2D eigenvalue weighted by molar-refractivity contribution is 0.123. The van der Waals surface area contributed by atoms with Crippen molar-refractivity contribution in [2.45, 2.75) is 5.50 Å². The predicted molar refractivity (Wildman–Crippen MR) is 37.3 cm³/mol. The standard InChI is InChI=1S/C6H10BNO/c1-8-4-2-3-6(7,9)5-8/h2-3,9H,4-5H2,1H3. The molecule has 9 heavy (non-hydrogen) atoms. The first-order valence-corrected chi connectivity index (χ1v) is 2.98. The minimum absolute atomic E-state index is 0.517. The Hall–Kier alpha value is -0.275. The van der Waals surface area contributed by atoms with E-state index in [0.717, 1.165) is 6.54 Å². The fourth-order valence-electron chi connectivity index (χ4n) is 0.986. The number of rotatable bonds is 0. The molecule has 1 N–H and O–H groups in total. The summed E-state index contributed by atoms with van der Waals surface area (Å²) in [6.07, 6.45) is 3.50. The predicted octanol–water partition coefficient (Wildman–Crippen LogP) is -0.655. The van der Waals surface area contributed by atoms with Gasteiger partial charge in [0.2, 0.25) is 0 Å². The molecule has 48 valence electrons. The molecule has 0 aromatic heterocycles. The summed E-state index contributed by atoms with van der Waals surface area (Å²) in [6.45, 7) is 1.39. The molecular formula is C6H10BNO. The number of β-amino-alcohol motifs (C(OH)–C–C–N with tert-alkyl or cyclic N) is 1. The van der Waals surface area contributed by atoms with Crippen LogP contribution in [0.1, 0.15) is 0 Å². The molecule has 1 aliphatic heterocycles. The Balaban J connectivity index is 2.60. The number of likely N-dealkylation sites (N-methyl/N-ethyl adjacent to an activating group) is 1. The van der Waals surface area contributed by atoms with Gasteiger partial charge in [0.05, 0.1) is 5.50 Å². The third kappa shape index (κ3) is 1.84. The lowest BCUT2D eigenvalue weighted by atomic mass is 9.79. The van der Waals surface area contributed by atoms with Gasteiger partial charge in [-0.2, -0.15) is 0 Å². The Morgan fingerprint density at radius 1 is 1.78 bits per heavy atom. The third-order valence-corrected chi connectivity index (χ3v) is 1.35. The maximum Gasteiger partial charge on any atom is 0.120 e. The van der Waals surface area contributed by atoms with Crippen LogP contribution in [0.2, 0.25) is 0 Å². The molecule has 0 aliphatic carbocycles. The normalized spacial score (nSPS) is 37.1. The molecule has 0 saturated heterocycles. The van der Waals surface area contributed by atoms with Crippen molar-refractivity contribution < 1.29 is 5.11 Å². The molecule has 1 rings (SSSR count). The summed E-state index contributed by atoms with van der Waals surface area (Å²) in [6, 6.07) is 0. The molecule has 2 nitrogen and oxygen atoms in total. The van der Waals surface area contributed by atoms with Crippen LogP contribution in [0, 0.1) is 0 Å². The van der Waals surface area contributed by atoms with Gasteiger partial charge in [0.1, 0.15) is 7.85 Å². The Morgan fingerprint density at radius 2 is 2.44 bits per heavy atom. The van der Waals surface area contributed by atoms with E-state index in [1.165, 1.54) is 0 Å². The maximum atomic E-state index is 9.19. The van der Waals surface area contributed by atoms with Crippen LogP contribution < -0.4 is 0 Å². The third-order valence-electron chi connectivity index (χ3n) is 1.35. The zero-order valence-corrected chi connectivity index (χ0v) is 5.54. The first-order valence-electron chi connectivity index (χ1n) is 2.98. The highest BCUT2D eigenvalue weighted by Gasteiger charge is 2.20. The zero-order valence-electron chi connectivity index (χ0n) is 5.54. The van der Waals surface area contributed by atoms with Crippen LogP contribution in [0.25, 0.3) is 0 Å². The summed E-state index contributed by atoms with van der Waals surface area (Å²) < 4.78 is 0. The fraction of sp³-hybridized carbons (Fsp3) is 0.667. The Morgan fingerprint density at radius 3 is 2.78 bits per heavy atom. The van der Waals surface area contributed by atoms with Crippen molar-refractivity contribution in [2.24, 2.45) is 0 Å². The summed E-state index contributed by atoms with van der Waals surface area (Å²) in [5, 5.41) is 9.19. The van der Waals surface area contributed by atoms with Gasteiger partial charge in [0, 0.05) is 13.1 Å². The minimum Gasteiger partial charge on any atom is -0.395 e. The molecule has 0 amide bonds. The van der Waals surface area contributed by atoms with E-state index in [4.69, 9.17) is 7.85 Å². The van der Waals surface area contributed by atoms with Gasteiger partial charge in [0.25, 0.3) is 0 Å². The lowest BCUT2D eigenvalue weighted by Gasteiger charge is -2.30. The summed E-state index contributed by atoms with van der Waals surface area (Å²) in [4.78, 5) is 1.96. The molecule has 2 radical (unpaired) electrons. The van der Waals surface area contributed by atoms with E-state index in [2.05, 4.69) is 0 Å². The lowest BCUT2D eigenvalue weighted by Crippen LogP contribution is -2.43. The van der Waals surface area contributed by atoms with Crippen LogP contribution in [0.5, 0.6) is 0 Å². The number of hydrogen-bond acceptors (Lipinski definition) is 2. The molecule has 0 fully saturated rings.